The average molecular weight is 261 g/mol. The molecule has 2 aromatic rings. The second-order valence-corrected chi connectivity index (χ2v) is 4.79. The van der Waals surface area contributed by atoms with Crippen molar-refractivity contribution < 1.29 is 15.0 Å². The Kier molecular flexibility index (Phi) is 2.87. The summed E-state index contributed by atoms with van der Waals surface area (Å²) in [4.78, 5) is 15.4. The van der Waals surface area contributed by atoms with E-state index in [0.717, 1.165) is 19.4 Å². The van der Waals surface area contributed by atoms with E-state index in [0.29, 0.717) is 18.3 Å². The van der Waals surface area contributed by atoms with Crippen molar-refractivity contribution in [3.63, 3.8) is 0 Å². The second kappa shape index (κ2) is 4.55. The molecule has 0 aliphatic carbocycles. The van der Waals surface area contributed by atoms with E-state index in [1.165, 1.54) is 6.07 Å². The molecular formula is C13H15N3O3. The molecule has 0 saturated carbocycles. The van der Waals surface area contributed by atoms with E-state index in [9.17, 15) is 15.0 Å². The predicted molar refractivity (Wildman–Crippen MR) is 68.5 cm³/mol. The zero-order valence-electron chi connectivity index (χ0n) is 10.3. The zero-order chi connectivity index (χ0) is 13.4. The molecule has 1 fully saturated rings. The number of fused-ring (bicyclic) bond motifs is 1. The molecule has 0 bridgehead atoms. The van der Waals surface area contributed by atoms with Gasteiger partial charge in [-0.2, -0.15) is 0 Å². The summed E-state index contributed by atoms with van der Waals surface area (Å²) in [5, 5.41) is 22.4. The van der Waals surface area contributed by atoms with Crippen LogP contribution in [0.25, 0.3) is 5.52 Å². The van der Waals surface area contributed by atoms with Gasteiger partial charge in [0.15, 0.2) is 5.69 Å². The standard InChI is InChI=1S/C13H15N3O3/c17-9-4-2-6-16-10(7-8-3-1-5-14-8)15-11(12(9)16)13(18)19/h2,4,6,8,14,17H,1,3,5,7H2,(H,18,19). The van der Waals surface area contributed by atoms with Crippen LogP contribution in [0, 0.1) is 0 Å². The van der Waals surface area contributed by atoms with Crippen molar-refractivity contribution in [1.82, 2.24) is 14.7 Å². The molecule has 0 spiro atoms. The maximum absolute atomic E-state index is 11.2. The number of aromatic nitrogens is 2. The van der Waals surface area contributed by atoms with Crippen LogP contribution < -0.4 is 5.32 Å². The van der Waals surface area contributed by atoms with Gasteiger partial charge in [0.25, 0.3) is 0 Å². The number of aromatic carboxylic acids is 1. The number of carboxylic acids is 1. The van der Waals surface area contributed by atoms with Gasteiger partial charge in [-0.15, -0.1) is 0 Å². The molecule has 3 rings (SSSR count). The van der Waals surface area contributed by atoms with Crippen LogP contribution in [0.1, 0.15) is 29.2 Å². The zero-order valence-corrected chi connectivity index (χ0v) is 10.3. The third-order valence-corrected chi connectivity index (χ3v) is 3.51. The highest BCUT2D eigenvalue weighted by atomic mass is 16.4. The van der Waals surface area contributed by atoms with Crippen LogP contribution >= 0.6 is 0 Å². The highest BCUT2D eigenvalue weighted by Crippen LogP contribution is 2.24. The van der Waals surface area contributed by atoms with Gasteiger partial charge in [0.05, 0.1) is 0 Å². The Labute approximate surface area is 109 Å². The summed E-state index contributed by atoms with van der Waals surface area (Å²) in [5.74, 6) is -0.509. The number of nitrogens with one attached hydrogen (secondary N) is 1. The third-order valence-electron chi connectivity index (χ3n) is 3.51. The highest BCUT2D eigenvalue weighted by molar-refractivity contribution is 5.95. The Hall–Kier alpha value is -2.08. The molecular weight excluding hydrogens is 246 g/mol. The van der Waals surface area contributed by atoms with Crippen molar-refractivity contribution in [3.05, 3.63) is 29.8 Å². The number of rotatable bonds is 3. The fraction of sp³-hybridized carbons (Fsp3) is 0.385. The summed E-state index contributed by atoms with van der Waals surface area (Å²) in [5.41, 5.74) is 0.175. The largest absolute Gasteiger partial charge is 0.506 e. The van der Waals surface area contributed by atoms with E-state index < -0.39 is 5.97 Å². The lowest BCUT2D eigenvalue weighted by Gasteiger charge is -2.08. The van der Waals surface area contributed by atoms with Crippen LogP contribution in [0.3, 0.4) is 0 Å². The van der Waals surface area contributed by atoms with Crippen molar-refractivity contribution in [2.75, 3.05) is 6.54 Å². The summed E-state index contributed by atoms with van der Waals surface area (Å²) in [6, 6.07) is 3.48. The minimum absolute atomic E-state index is 0.0574. The predicted octanol–water partition coefficient (Wildman–Crippen LogP) is 1.03. The Morgan fingerprint density at radius 1 is 1.58 bits per heavy atom. The number of nitrogens with zero attached hydrogens (tertiary/aromatic N) is 2. The molecule has 3 heterocycles. The third kappa shape index (κ3) is 2.04. The molecule has 2 aromatic heterocycles. The first kappa shape index (κ1) is 12.0. The number of hydrogen-bond donors (Lipinski definition) is 3. The Bertz CT molecular complexity index is 629. The van der Waals surface area contributed by atoms with Crippen LogP contribution in [0.2, 0.25) is 0 Å². The van der Waals surface area contributed by atoms with E-state index in [1.807, 2.05) is 0 Å². The monoisotopic (exact) mass is 261 g/mol. The molecule has 6 nitrogen and oxygen atoms in total. The molecule has 100 valence electrons. The lowest BCUT2D eigenvalue weighted by molar-refractivity contribution is 0.0693. The van der Waals surface area contributed by atoms with Crippen LogP contribution in [0.4, 0.5) is 0 Å². The fourth-order valence-corrected chi connectivity index (χ4v) is 2.63. The van der Waals surface area contributed by atoms with Crippen LogP contribution in [0.5, 0.6) is 5.75 Å². The van der Waals surface area contributed by atoms with Gasteiger partial charge in [-0.3, -0.25) is 4.40 Å². The molecule has 1 aliphatic rings. The summed E-state index contributed by atoms with van der Waals surface area (Å²) in [6.07, 6.45) is 4.60. The first-order chi connectivity index (χ1) is 9.16. The van der Waals surface area contributed by atoms with E-state index >= 15 is 0 Å². The molecule has 1 atom stereocenters. The number of imidazole rings is 1. The summed E-state index contributed by atoms with van der Waals surface area (Å²) in [6.45, 7) is 0.991. The molecule has 0 radical (unpaired) electrons. The Balaban J connectivity index is 2.09. The van der Waals surface area contributed by atoms with E-state index in [4.69, 9.17) is 0 Å². The second-order valence-electron chi connectivity index (χ2n) is 4.79. The molecule has 3 N–H and O–H groups in total. The van der Waals surface area contributed by atoms with Crippen molar-refractivity contribution >= 4 is 11.5 Å². The van der Waals surface area contributed by atoms with Gasteiger partial charge in [0.2, 0.25) is 0 Å². The number of aromatic hydroxyl groups is 1. The van der Waals surface area contributed by atoms with E-state index in [-0.39, 0.29) is 17.0 Å². The van der Waals surface area contributed by atoms with E-state index in [2.05, 4.69) is 10.3 Å². The van der Waals surface area contributed by atoms with Crippen LogP contribution in [-0.4, -0.2) is 38.2 Å². The van der Waals surface area contributed by atoms with Gasteiger partial charge in [-0.1, -0.05) is 0 Å². The number of carboxylic acid groups (broad SMARTS) is 1. The van der Waals surface area contributed by atoms with Gasteiger partial charge < -0.3 is 15.5 Å². The van der Waals surface area contributed by atoms with Crippen molar-refractivity contribution in [2.45, 2.75) is 25.3 Å². The SMILES string of the molecule is O=C(O)c1nc(CC2CCCN2)n2cccc(O)c12. The first-order valence-corrected chi connectivity index (χ1v) is 6.32. The maximum atomic E-state index is 11.2. The molecule has 0 aromatic carbocycles. The number of pyridine rings is 1. The maximum Gasteiger partial charge on any atom is 0.356 e. The van der Waals surface area contributed by atoms with Gasteiger partial charge in [0.1, 0.15) is 17.1 Å². The Morgan fingerprint density at radius 3 is 3.11 bits per heavy atom. The van der Waals surface area contributed by atoms with Crippen LogP contribution in [-0.2, 0) is 6.42 Å². The van der Waals surface area contributed by atoms with Gasteiger partial charge in [-0.25, -0.2) is 9.78 Å². The average Bonchev–Trinajstić information content (AvgIpc) is 2.99. The van der Waals surface area contributed by atoms with Crippen molar-refractivity contribution in [3.8, 4) is 5.75 Å². The minimum Gasteiger partial charge on any atom is -0.506 e. The molecule has 0 amide bonds. The van der Waals surface area contributed by atoms with E-state index in [1.54, 1.807) is 16.7 Å². The lowest BCUT2D eigenvalue weighted by atomic mass is 10.1. The normalized spacial score (nSPS) is 19.1. The van der Waals surface area contributed by atoms with Crippen molar-refractivity contribution in [2.24, 2.45) is 0 Å². The fourth-order valence-electron chi connectivity index (χ4n) is 2.63. The molecule has 1 saturated heterocycles. The molecule has 6 heteroatoms. The Morgan fingerprint density at radius 2 is 2.42 bits per heavy atom. The summed E-state index contributed by atoms with van der Waals surface area (Å²) in [7, 11) is 0. The quantitative estimate of drug-likeness (QED) is 0.768. The smallest absolute Gasteiger partial charge is 0.356 e. The van der Waals surface area contributed by atoms with Gasteiger partial charge >= 0.3 is 5.97 Å². The summed E-state index contributed by atoms with van der Waals surface area (Å²) >= 11 is 0. The molecule has 19 heavy (non-hydrogen) atoms. The lowest BCUT2D eigenvalue weighted by Crippen LogP contribution is -2.24. The minimum atomic E-state index is -1.12. The summed E-state index contributed by atoms with van der Waals surface area (Å²) < 4.78 is 1.67. The van der Waals surface area contributed by atoms with Gasteiger partial charge in [0, 0.05) is 18.7 Å². The topological polar surface area (TPSA) is 86.9 Å². The first-order valence-electron chi connectivity index (χ1n) is 6.32. The van der Waals surface area contributed by atoms with Crippen molar-refractivity contribution in [1.29, 1.82) is 0 Å². The number of carbonyl (C=O) groups is 1. The van der Waals surface area contributed by atoms with Crippen LogP contribution in [0.15, 0.2) is 18.3 Å². The number of hydrogen-bond acceptors (Lipinski definition) is 4. The molecule has 1 aliphatic heterocycles. The van der Waals surface area contributed by atoms with Gasteiger partial charge in [-0.05, 0) is 31.5 Å². The molecule has 1 unspecified atom stereocenters. The highest BCUT2D eigenvalue weighted by Gasteiger charge is 2.22.